The third-order valence-corrected chi connectivity index (χ3v) is 1.95. The molecule has 0 bridgehead atoms. The summed E-state index contributed by atoms with van der Waals surface area (Å²) in [5.41, 5.74) is 0. The maximum atomic E-state index is 5.01. The van der Waals surface area contributed by atoms with E-state index in [0.717, 1.165) is 0 Å². The molecule has 0 atom stereocenters. The van der Waals surface area contributed by atoms with Crippen molar-refractivity contribution < 1.29 is 4.43 Å². The SMILES string of the molecule is CO[SiH+]c1ccccc1. The second-order valence-electron chi connectivity index (χ2n) is 1.76. The second kappa shape index (κ2) is 3.43. The van der Waals surface area contributed by atoms with Gasteiger partial charge in [-0.05, 0) is 12.1 Å². The third-order valence-electron chi connectivity index (χ3n) is 1.05. The maximum absolute atomic E-state index is 5.01. The Labute approximate surface area is 57.6 Å². The van der Waals surface area contributed by atoms with E-state index in [-0.39, 0.29) is 9.76 Å². The molecule has 0 saturated carbocycles. The van der Waals surface area contributed by atoms with E-state index in [9.17, 15) is 0 Å². The number of hydrogen-bond acceptors (Lipinski definition) is 1. The van der Waals surface area contributed by atoms with Gasteiger partial charge in [0.2, 0.25) is 0 Å². The fourth-order valence-corrected chi connectivity index (χ4v) is 1.32. The first kappa shape index (κ1) is 6.52. The topological polar surface area (TPSA) is 9.23 Å². The zero-order valence-electron chi connectivity index (χ0n) is 5.37. The zero-order valence-corrected chi connectivity index (χ0v) is 6.53. The smallest absolute Gasteiger partial charge is 0.229 e. The van der Waals surface area contributed by atoms with Crippen LogP contribution in [0.5, 0.6) is 0 Å². The van der Waals surface area contributed by atoms with Gasteiger partial charge in [0.15, 0.2) is 0 Å². The van der Waals surface area contributed by atoms with Gasteiger partial charge in [0.25, 0.3) is 0 Å². The summed E-state index contributed by atoms with van der Waals surface area (Å²) >= 11 is 0. The molecule has 0 saturated heterocycles. The van der Waals surface area contributed by atoms with Gasteiger partial charge in [-0.15, -0.1) is 0 Å². The molecule has 0 amide bonds. The lowest BCUT2D eigenvalue weighted by Crippen LogP contribution is -2.14. The largest absolute Gasteiger partial charge is 0.495 e. The Bertz CT molecular complexity index is 162. The van der Waals surface area contributed by atoms with Crippen LogP contribution >= 0.6 is 0 Å². The van der Waals surface area contributed by atoms with E-state index in [0.29, 0.717) is 0 Å². The summed E-state index contributed by atoms with van der Waals surface area (Å²) in [5.74, 6) is 0. The summed E-state index contributed by atoms with van der Waals surface area (Å²) in [6.07, 6.45) is 0. The average Bonchev–Trinajstić information content (AvgIpc) is 1.91. The van der Waals surface area contributed by atoms with Crippen molar-refractivity contribution in [2.24, 2.45) is 0 Å². The minimum Gasteiger partial charge on any atom is -0.229 e. The number of hydrogen-bond donors (Lipinski definition) is 0. The van der Waals surface area contributed by atoms with Gasteiger partial charge in [-0.25, -0.2) is 4.43 Å². The summed E-state index contributed by atoms with van der Waals surface area (Å²) in [4.78, 5) is 0. The predicted molar refractivity (Wildman–Crippen MR) is 40.2 cm³/mol. The van der Waals surface area contributed by atoms with Crippen LogP contribution in [0.15, 0.2) is 30.3 Å². The Balaban J connectivity index is 2.61. The van der Waals surface area contributed by atoms with Crippen LogP contribution in [0.3, 0.4) is 0 Å². The Kier molecular flexibility index (Phi) is 2.48. The van der Waals surface area contributed by atoms with Crippen molar-refractivity contribution in [3.05, 3.63) is 30.3 Å². The van der Waals surface area contributed by atoms with E-state index in [2.05, 4.69) is 12.1 Å². The molecule has 0 radical (unpaired) electrons. The van der Waals surface area contributed by atoms with E-state index in [1.54, 1.807) is 7.11 Å². The molecule has 0 aromatic heterocycles. The van der Waals surface area contributed by atoms with Gasteiger partial charge in [0.1, 0.15) is 5.19 Å². The second-order valence-corrected chi connectivity index (χ2v) is 3.14. The Hall–Kier alpha value is -0.603. The zero-order chi connectivity index (χ0) is 6.53. The molecule has 2 heteroatoms. The monoisotopic (exact) mass is 137 g/mol. The van der Waals surface area contributed by atoms with Crippen molar-refractivity contribution in [2.75, 3.05) is 7.11 Å². The molecule has 0 spiro atoms. The first-order valence-corrected chi connectivity index (χ1v) is 3.89. The van der Waals surface area contributed by atoms with E-state index in [1.165, 1.54) is 5.19 Å². The maximum Gasteiger partial charge on any atom is 0.495 e. The third kappa shape index (κ3) is 1.99. The van der Waals surface area contributed by atoms with E-state index in [1.807, 2.05) is 18.2 Å². The quantitative estimate of drug-likeness (QED) is 0.533. The number of benzene rings is 1. The minimum atomic E-state index is 0.0431. The van der Waals surface area contributed by atoms with E-state index in [4.69, 9.17) is 4.43 Å². The lowest BCUT2D eigenvalue weighted by atomic mass is 10.4. The highest BCUT2D eigenvalue weighted by molar-refractivity contribution is 6.46. The summed E-state index contributed by atoms with van der Waals surface area (Å²) in [6, 6.07) is 10.2. The Morgan fingerprint density at radius 2 is 1.89 bits per heavy atom. The molecule has 9 heavy (non-hydrogen) atoms. The van der Waals surface area contributed by atoms with Gasteiger partial charge in [0.05, 0.1) is 7.11 Å². The van der Waals surface area contributed by atoms with Crippen LogP contribution < -0.4 is 5.19 Å². The van der Waals surface area contributed by atoms with Crippen LogP contribution in [0, 0.1) is 0 Å². The van der Waals surface area contributed by atoms with Crippen LogP contribution in [0.4, 0.5) is 0 Å². The van der Waals surface area contributed by atoms with Gasteiger partial charge >= 0.3 is 9.76 Å². The van der Waals surface area contributed by atoms with Crippen molar-refractivity contribution in [2.45, 2.75) is 0 Å². The van der Waals surface area contributed by atoms with Gasteiger partial charge in [0, 0.05) is 0 Å². The summed E-state index contributed by atoms with van der Waals surface area (Å²) < 4.78 is 5.01. The van der Waals surface area contributed by atoms with Crippen molar-refractivity contribution in [3.8, 4) is 0 Å². The highest BCUT2D eigenvalue weighted by atomic mass is 28.2. The Morgan fingerprint density at radius 1 is 1.22 bits per heavy atom. The molecule has 0 unspecified atom stereocenters. The van der Waals surface area contributed by atoms with Gasteiger partial charge < -0.3 is 0 Å². The van der Waals surface area contributed by atoms with Crippen molar-refractivity contribution in [1.82, 2.24) is 0 Å². The summed E-state index contributed by atoms with van der Waals surface area (Å²) in [7, 11) is 1.78. The molecule has 0 aliphatic rings. The molecule has 0 fully saturated rings. The lowest BCUT2D eigenvalue weighted by molar-refractivity contribution is 0.450. The van der Waals surface area contributed by atoms with Crippen molar-refractivity contribution >= 4 is 14.9 Å². The Morgan fingerprint density at radius 3 is 2.44 bits per heavy atom. The molecule has 0 heterocycles. The predicted octanol–water partition coefficient (Wildman–Crippen LogP) is 0.310. The minimum absolute atomic E-state index is 0.0431. The van der Waals surface area contributed by atoms with Crippen LogP contribution in [-0.2, 0) is 4.43 Å². The standard InChI is InChI=1S/C7H9OSi/c1-8-9-7-5-3-2-4-6-7/h2-6,9H,1H3/q+1. The van der Waals surface area contributed by atoms with Crippen molar-refractivity contribution in [1.29, 1.82) is 0 Å². The fraction of sp³-hybridized carbons (Fsp3) is 0.143. The summed E-state index contributed by atoms with van der Waals surface area (Å²) in [5, 5.41) is 1.31. The van der Waals surface area contributed by atoms with E-state index < -0.39 is 0 Å². The lowest BCUT2D eigenvalue weighted by Gasteiger charge is -1.81. The fourth-order valence-electron chi connectivity index (χ4n) is 0.668. The molecular weight excluding hydrogens is 128 g/mol. The summed E-state index contributed by atoms with van der Waals surface area (Å²) in [6.45, 7) is 0. The first-order chi connectivity index (χ1) is 4.43. The molecule has 1 nitrogen and oxygen atoms in total. The highest BCUT2D eigenvalue weighted by Gasteiger charge is 2.02. The molecule has 1 rings (SSSR count). The molecule has 1 aromatic rings. The van der Waals surface area contributed by atoms with Gasteiger partial charge in [-0.3, -0.25) is 0 Å². The molecule has 0 N–H and O–H groups in total. The van der Waals surface area contributed by atoms with Gasteiger partial charge in [-0.2, -0.15) is 0 Å². The average molecular weight is 137 g/mol. The normalized spacial score (nSPS) is 9.00. The number of rotatable bonds is 2. The van der Waals surface area contributed by atoms with Crippen LogP contribution in [0.1, 0.15) is 0 Å². The molecule has 46 valence electrons. The van der Waals surface area contributed by atoms with E-state index >= 15 is 0 Å². The highest BCUT2D eigenvalue weighted by Crippen LogP contribution is 1.80. The van der Waals surface area contributed by atoms with Crippen LogP contribution in [0.2, 0.25) is 0 Å². The van der Waals surface area contributed by atoms with Crippen LogP contribution in [0.25, 0.3) is 0 Å². The molecular formula is C7H9OSi+. The van der Waals surface area contributed by atoms with Gasteiger partial charge in [-0.1, -0.05) is 18.2 Å². The first-order valence-electron chi connectivity index (χ1n) is 2.84. The van der Waals surface area contributed by atoms with Crippen LogP contribution in [-0.4, -0.2) is 16.9 Å². The molecule has 1 aromatic carbocycles. The molecule has 0 aliphatic carbocycles. The van der Waals surface area contributed by atoms with Crippen molar-refractivity contribution in [3.63, 3.8) is 0 Å². The molecule has 0 aliphatic heterocycles.